The normalized spacial score (nSPS) is 10.1. The van der Waals surface area contributed by atoms with Crippen molar-refractivity contribution in [2.75, 3.05) is 7.11 Å². The summed E-state index contributed by atoms with van der Waals surface area (Å²) in [6.07, 6.45) is 0. The lowest BCUT2D eigenvalue weighted by molar-refractivity contribution is -0.386. The van der Waals surface area contributed by atoms with Crippen LogP contribution in [0.25, 0.3) is 0 Å². The van der Waals surface area contributed by atoms with Crippen LogP contribution in [0.15, 0.2) is 46.9 Å². The van der Waals surface area contributed by atoms with Crippen LogP contribution in [-0.2, 0) is 6.61 Å². The molecule has 0 heterocycles. The van der Waals surface area contributed by atoms with Gasteiger partial charge >= 0.3 is 5.69 Å². The number of methoxy groups -OCH3 is 1. The molecule has 0 unspecified atom stereocenters. The van der Waals surface area contributed by atoms with E-state index < -0.39 is 4.92 Å². The molecule has 0 aromatic heterocycles. The van der Waals surface area contributed by atoms with Crippen LogP contribution in [0, 0.1) is 10.1 Å². The first kappa shape index (κ1) is 14.3. The fourth-order valence-corrected chi connectivity index (χ4v) is 1.89. The van der Waals surface area contributed by atoms with Crippen molar-refractivity contribution >= 4 is 21.6 Å². The van der Waals surface area contributed by atoms with E-state index >= 15 is 0 Å². The van der Waals surface area contributed by atoms with Crippen LogP contribution in [-0.4, -0.2) is 12.0 Å². The Morgan fingerprint density at radius 3 is 2.50 bits per heavy atom. The molecule has 5 nitrogen and oxygen atoms in total. The third-order valence-corrected chi connectivity index (χ3v) is 3.20. The van der Waals surface area contributed by atoms with Crippen molar-refractivity contribution < 1.29 is 14.4 Å². The average molecular weight is 338 g/mol. The van der Waals surface area contributed by atoms with Gasteiger partial charge in [-0.2, -0.15) is 0 Å². The molecule has 0 radical (unpaired) electrons. The van der Waals surface area contributed by atoms with Crippen molar-refractivity contribution in [2.45, 2.75) is 6.61 Å². The van der Waals surface area contributed by atoms with E-state index in [0.717, 1.165) is 10.0 Å². The summed E-state index contributed by atoms with van der Waals surface area (Å²) in [5.41, 5.74) is 0.819. The minimum atomic E-state index is -0.487. The molecule has 0 aliphatic heterocycles. The molecule has 6 heteroatoms. The molecule has 2 aromatic carbocycles. The van der Waals surface area contributed by atoms with Crippen LogP contribution >= 0.6 is 15.9 Å². The lowest BCUT2D eigenvalue weighted by atomic mass is 10.2. The summed E-state index contributed by atoms with van der Waals surface area (Å²) in [5.74, 6) is 0.645. The second-order valence-electron chi connectivity index (χ2n) is 4.01. The summed E-state index contributed by atoms with van der Waals surface area (Å²) in [5, 5.41) is 11.0. The number of ether oxygens (including phenoxy) is 2. The number of hydrogen-bond donors (Lipinski definition) is 0. The number of halogens is 1. The molecule has 0 saturated carbocycles. The third-order valence-electron chi connectivity index (χ3n) is 2.67. The van der Waals surface area contributed by atoms with Gasteiger partial charge in [-0.05, 0) is 29.8 Å². The Labute approximate surface area is 124 Å². The molecule has 2 rings (SSSR count). The minimum Gasteiger partial charge on any atom is -0.496 e. The van der Waals surface area contributed by atoms with Gasteiger partial charge in [-0.25, -0.2) is 0 Å². The molecule has 0 atom stereocenters. The van der Waals surface area contributed by atoms with Crippen LogP contribution in [0.5, 0.6) is 11.5 Å². The largest absolute Gasteiger partial charge is 0.496 e. The Bertz CT molecular complexity index is 613. The zero-order valence-electron chi connectivity index (χ0n) is 10.7. The van der Waals surface area contributed by atoms with Gasteiger partial charge in [0.2, 0.25) is 0 Å². The van der Waals surface area contributed by atoms with E-state index in [4.69, 9.17) is 9.47 Å². The third kappa shape index (κ3) is 3.48. The highest BCUT2D eigenvalue weighted by Crippen LogP contribution is 2.31. The second kappa shape index (κ2) is 6.38. The average Bonchev–Trinajstić information content (AvgIpc) is 2.46. The van der Waals surface area contributed by atoms with Gasteiger partial charge in [0.1, 0.15) is 12.4 Å². The van der Waals surface area contributed by atoms with Gasteiger partial charge in [-0.15, -0.1) is 0 Å². The molecule has 0 N–H and O–H groups in total. The van der Waals surface area contributed by atoms with Gasteiger partial charge in [-0.3, -0.25) is 10.1 Å². The molecule has 0 spiro atoms. The smallest absolute Gasteiger partial charge is 0.314 e. The van der Waals surface area contributed by atoms with E-state index in [2.05, 4.69) is 15.9 Å². The maximum atomic E-state index is 11.0. The molecule has 0 fully saturated rings. The molecule has 0 bridgehead atoms. The van der Waals surface area contributed by atoms with Crippen molar-refractivity contribution in [1.29, 1.82) is 0 Å². The van der Waals surface area contributed by atoms with Crippen LogP contribution < -0.4 is 9.47 Å². The van der Waals surface area contributed by atoms with Crippen molar-refractivity contribution in [3.63, 3.8) is 0 Å². The first-order valence-corrected chi connectivity index (χ1v) is 6.59. The lowest BCUT2D eigenvalue weighted by Crippen LogP contribution is -1.99. The van der Waals surface area contributed by atoms with Crippen LogP contribution in [0.3, 0.4) is 0 Å². The highest BCUT2D eigenvalue weighted by Gasteiger charge is 2.16. The van der Waals surface area contributed by atoms with Gasteiger partial charge in [0.15, 0.2) is 5.75 Å². The maximum absolute atomic E-state index is 11.0. The van der Waals surface area contributed by atoms with Crippen molar-refractivity contribution in [1.82, 2.24) is 0 Å². The van der Waals surface area contributed by atoms with Crippen LogP contribution in [0.4, 0.5) is 5.69 Å². The van der Waals surface area contributed by atoms with E-state index in [-0.39, 0.29) is 18.0 Å². The first-order chi connectivity index (χ1) is 9.60. The minimum absolute atomic E-state index is 0.110. The number of rotatable bonds is 5. The number of nitrogens with zero attached hydrogens (tertiary/aromatic N) is 1. The Morgan fingerprint density at radius 1 is 1.20 bits per heavy atom. The van der Waals surface area contributed by atoms with E-state index in [1.807, 2.05) is 24.3 Å². The lowest BCUT2D eigenvalue weighted by Gasteiger charge is -2.08. The van der Waals surface area contributed by atoms with Crippen molar-refractivity contribution in [2.24, 2.45) is 0 Å². The molecular weight excluding hydrogens is 326 g/mol. The number of nitro groups is 1. The molecule has 0 aliphatic rings. The summed E-state index contributed by atoms with van der Waals surface area (Å²) in [6.45, 7) is 0.264. The highest BCUT2D eigenvalue weighted by molar-refractivity contribution is 9.10. The summed E-state index contributed by atoms with van der Waals surface area (Å²) < 4.78 is 11.5. The molecule has 2 aromatic rings. The predicted molar refractivity (Wildman–Crippen MR) is 78.1 cm³/mol. The van der Waals surface area contributed by atoms with E-state index in [1.54, 1.807) is 6.07 Å². The Hall–Kier alpha value is -2.08. The maximum Gasteiger partial charge on any atom is 0.314 e. The molecule has 0 amide bonds. The first-order valence-electron chi connectivity index (χ1n) is 5.80. The number of benzene rings is 2. The summed E-state index contributed by atoms with van der Waals surface area (Å²) >= 11 is 3.34. The fourth-order valence-electron chi connectivity index (χ4n) is 1.63. The Balaban J connectivity index is 2.16. The van der Waals surface area contributed by atoms with Crippen LogP contribution in [0.1, 0.15) is 5.56 Å². The van der Waals surface area contributed by atoms with Gasteiger partial charge in [0.05, 0.1) is 18.1 Å². The van der Waals surface area contributed by atoms with Gasteiger partial charge in [0.25, 0.3) is 0 Å². The van der Waals surface area contributed by atoms with Gasteiger partial charge < -0.3 is 9.47 Å². The molecular formula is C14H12BrNO4. The molecule has 20 heavy (non-hydrogen) atoms. The van der Waals surface area contributed by atoms with Gasteiger partial charge in [-0.1, -0.05) is 28.1 Å². The van der Waals surface area contributed by atoms with Crippen molar-refractivity contribution in [3.8, 4) is 11.5 Å². The predicted octanol–water partition coefficient (Wildman–Crippen LogP) is 3.94. The van der Waals surface area contributed by atoms with E-state index in [1.165, 1.54) is 19.2 Å². The van der Waals surface area contributed by atoms with E-state index in [0.29, 0.717) is 5.75 Å². The van der Waals surface area contributed by atoms with E-state index in [9.17, 15) is 10.1 Å². The van der Waals surface area contributed by atoms with Crippen molar-refractivity contribution in [3.05, 3.63) is 62.6 Å². The number of nitro benzene ring substituents is 1. The Morgan fingerprint density at radius 2 is 1.90 bits per heavy atom. The zero-order chi connectivity index (χ0) is 14.5. The molecule has 0 saturated heterocycles. The monoisotopic (exact) mass is 337 g/mol. The summed E-state index contributed by atoms with van der Waals surface area (Å²) in [6, 6.07) is 12.1. The summed E-state index contributed by atoms with van der Waals surface area (Å²) in [4.78, 5) is 10.5. The molecule has 0 aliphatic carbocycles. The summed E-state index contributed by atoms with van der Waals surface area (Å²) in [7, 11) is 1.46. The zero-order valence-corrected chi connectivity index (χ0v) is 12.3. The van der Waals surface area contributed by atoms with Gasteiger partial charge in [0, 0.05) is 4.47 Å². The SMILES string of the molecule is COc1ccc(OCc2ccc(Br)cc2)c([N+](=O)[O-])c1. The fraction of sp³-hybridized carbons (Fsp3) is 0.143. The quantitative estimate of drug-likeness (QED) is 0.612. The highest BCUT2D eigenvalue weighted by atomic mass is 79.9. The van der Waals surface area contributed by atoms with Crippen LogP contribution in [0.2, 0.25) is 0 Å². The topological polar surface area (TPSA) is 61.6 Å². The second-order valence-corrected chi connectivity index (χ2v) is 4.92. The Kier molecular flexibility index (Phi) is 4.57. The number of hydrogen-bond acceptors (Lipinski definition) is 4. The standard InChI is InChI=1S/C14H12BrNO4/c1-19-12-6-7-14(13(8-12)16(17)18)20-9-10-2-4-11(15)5-3-10/h2-8H,9H2,1H3. The molecule has 104 valence electrons.